The molecule has 1 aliphatic heterocycles. The second kappa shape index (κ2) is 8.38. The zero-order valence-corrected chi connectivity index (χ0v) is 16.6. The molecule has 1 aromatic heterocycles. The first-order valence-corrected chi connectivity index (χ1v) is 10.5. The van der Waals surface area contributed by atoms with Crippen LogP contribution in [-0.4, -0.2) is 35.4 Å². The molecule has 4 rings (SSSR count). The predicted molar refractivity (Wildman–Crippen MR) is 111 cm³/mol. The number of nitrogens with one attached hydrogen (secondary N) is 1. The van der Waals surface area contributed by atoms with Gasteiger partial charge in [-0.05, 0) is 49.7 Å². The number of benzene rings is 2. The molecule has 6 heteroatoms. The Morgan fingerprint density at radius 2 is 1.89 bits per heavy atom. The molecule has 2 heterocycles. The zero-order valence-electron chi connectivity index (χ0n) is 15.0. The van der Waals surface area contributed by atoms with Crippen molar-refractivity contribution in [3.63, 3.8) is 0 Å². The van der Waals surface area contributed by atoms with Crippen LogP contribution in [-0.2, 0) is 11.3 Å². The van der Waals surface area contributed by atoms with Crippen LogP contribution in [0.2, 0.25) is 5.02 Å². The van der Waals surface area contributed by atoms with Gasteiger partial charge in [0.25, 0.3) is 0 Å². The Balaban J connectivity index is 1.26. The molecule has 2 aromatic carbocycles. The molecule has 1 aliphatic rings. The monoisotopic (exact) mass is 399 g/mol. The highest BCUT2D eigenvalue weighted by molar-refractivity contribution is 7.18. The predicted octanol–water partition coefficient (Wildman–Crippen LogP) is 4.45. The molecule has 1 fully saturated rings. The van der Waals surface area contributed by atoms with Crippen LogP contribution in [0.4, 0.5) is 0 Å². The highest BCUT2D eigenvalue weighted by Crippen LogP contribution is 2.33. The van der Waals surface area contributed by atoms with Crippen molar-refractivity contribution < 1.29 is 4.79 Å². The highest BCUT2D eigenvalue weighted by atomic mass is 35.5. The fourth-order valence-corrected chi connectivity index (χ4v) is 4.84. The number of halogens is 1. The van der Waals surface area contributed by atoms with Gasteiger partial charge in [0, 0.05) is 17.5 Å². The van der Waals surface area contributed by atoms with Crippen LogP contribution in [0.15, 0.2) is 48.5 Å². The van der Waals surface area contributed by atoms with Crippen molar-refractivity contribution in [2.24, 2.45) is 0 Å². The van der Waals surface area contributed by atoms with Gasteiger partial charge in [0.2, 0.25) is 5.91 Å². The van der Waals surface area contributed by atoms with E-state index < -0.39 is 0 Å². The third kappa shape index (κ3) is 4.49. The Morgan fingerprint density at radius 1 is 1.15 bits per heavy atom. The molecule has 0 spiro atoms. The summed E-state index contributed by atoms with van der Waals surface area (Å²) >= 11 is 7.94. The standard InChI is InChI=1S/C21H22ClN3OS/c22-17-6-2-1-5-16(17)13-23-20(26)14-25-11-9-15(10-12-25)21-24-18-7-3-4-8-19(18)27-21/h1-8,15H,9-14H2,(H,23,26). The summed E-state index contributed by atoms with van der Waals surface area (Å²) in [5.41, 5.74) is 2.04. The zero-order chi connectivity index (χ0) is 18.6. The molecule has 1 saturated heterocycles. The van der Waals surface area contributed by atoms with Crippen LogP contribution in [0, 0.1) is 0 Å². The Kier molecular flexibility index (Phi) is 5.72. The second-order valence-electron chi connectivity index (χ2n) is 6.94. The average molecular weight is 400 g/mol. The molecule has 0 unspecified atom stereocenters. The largest absolute Gasteiger partial charge is 0.351 e. The summed E-state index contributed by atoms with van der Waals surface area (Å²) in [5, 5.41) is 4.90. The molecular formula is C21H22ClN3OS. The van der Waals surface area contributed by atoms with E-state index in [1.54, 1.807) is 11.3 Å². The lowest BCUT2D eigenvalue weighted by Gasteiger charge is -2.30. The summed E-state index contributed by atoms with van der Waals surface area (Å²) in [5.74, 6) is 0.554. The Morgan fingerprint density at radius 3 is 2.67 bits per heavy atom. The number of amides is 1. The number of thiazole rings is 1. The number of hydrogen-bond donors (Lipinski definition) is 1. The van der Waals surface area contributed by atoms with Crippen LogP contribution in [0.1, 0.15) is 29.3 Å². The minimum atomic E-state index is 0.0494. The third-order valence-electron chi connectivity index (χ3n) is 5.05. The molecule has 0 bridgehead atoms. The van der Waals surface area contributed by atoms with E-state index in [4.69, 9.17) is 16.6 Å². The van der Waals surface area contributed by atoms with Crippen molar-refractivity contribution in [3.05, 3.63) is 64.1 Å². The van der Waals surface area contributed by atoms with Crippen molar-refractivity contribution in [1.82, 2.24) is 15.2 Å². The van der Waals surface area contributed by atoms with Gasteiger partial charge in [-0.25, -0.2) is 4.98 Å². The number of carbonyl (C=O) groups is 1. The smallest absolute Gasteiger partial charge is 0.234 e. The molecule has 0 aliphatic carbocycles. The van der Waals surface area contributed by atoms with Crippen molar-refractivity contribution >= 4 is 39.1 Å². The van der Waals surface area contributed by atoms with Crippen molar-refractivity contribution in [2.75, 3.05) is 19.6 Å². The second-order valence-corrected chi connectivity index (χ2v) is 8.41. The van der Waals surface area contributed by atoms with E-state index in [9.17, 15) is 4.79 Å². The summed E-state index contributed by atoms with van der Waals surface area (Å²) in [6.45, 7) is 2.78. The lowest BCUT2D eigenvalue weighted by molar-refractivity contribution is -0.122. The minimum Gasteiger partial charge on any atom is -0.351 e. The maximum atomic E-state index is 12.3. The van der Waals surface area contributed by atoms with Crippen LogP contribution >= 0.6 is 22.9 Å². The minimum absolute atomic E-state index is 0.0494. The van der Waals surface area contributed by atoms with Gasteiger partial charge in [-0.1, -0.05) is 41.9 Å². The molecule has 3 aromatic rings. The molecule has 1 N–H and O–H groups in total. The maximum Gasteiger partial charge on any atom is 0.234 e. The van der Waals surface area contributed by atoms with Gasteiger partial charge in [0.1, 0.15) is 0 Å². The van der Waals surface area contributed by atoms with Gasteiger partial charge in [-0.3, -0.25) is 9.69 Å². The van der Waals surface area contributed by atoms with Crippen molar-refractivity contribution in [1.29, 1.82) is 0 Å². The lowest BCUT2D eigenvalue weighted by atomic mass is 9.97. The van der Waals surface area contributed by atoms with E-state index in [2.05, 4.69) is 28.4 Å². The number of nitrogens with zero attached hydrogens (tertiary/aromatic N) is 2. The molecular weight excluding hydrogens is 378 g/mol. The lowest BCUT2D eigenvalue weighted by Crippen LogP contribution is -2.41. The number of likely N-dealkylation sites (tertiary alicyclic amines) is 1. The number of fused-ring (bicyclic) bond motifs is 1. The summed E-state index contributed by atoms with van der Waals surface area (Å²) in [6.07, 6.45) is 2.11. The van der Waals surface area contributed by atoms with E-state index in [1.807, 2.05) is 30.3 Å². The van der Waals surface area contributed by atoms with Gasteiger partial charge in [0.15, 0.2) is 0 Å². The number of hydrogen-bond acceptors (Lipinski definition) is 4. The number of carbonyl (C=O) groups excluding carboxylic acids is 1. The van der Waals surface area contributed by atoms with Gasteiger partial charge in [0.05, 0.1) is 21.8 Å². The average Bonchev–Trinajstić information content (AvgIpc) is 3.12. The highest BCUT2D eigenvalue weighted by Gasteiger charge is 2.24. The summed E-state index contributed by atoms with van der Waals surface area (Å²) in [6, 6.07) is 15.9. The van der Waals surface area contributed by atoms with Gasteiger partial charge >= 0.3 is 0 Å². The van der Waals surface area contributed by atoms with E-state index >= 15 is 0 Å². The first kappa shape index (κ1) is 18.4. The van der Waals surface area contributed by atoms with Gasteiger partial charge in [-0.15, -0.1) is 11.3 Å². The van der Waals surface area contributed by atoms with Crippen LogP contribution in [0.3, 0.4) is 0 Å². The van der Waals surface area contributed by atoms with Crippen LogP contribution in [0.25, 0.3) is 10.2 Å². The van der Waals surface area contributed by atoms with Crippen molar-refractivity contribution in [3.8, 4) is 0 Å². The van der Waals surface area contributed by atoms with Gasteiger partial charge < -0.3 is 5.32 Å². The Hall–Kier alpha value is -1.95. The number of piperidine rings is 1. The SMILES string of the molecule is O=C(CN1CCC(c2nc3ccccc3s2)CC1)NCc1ccccc1Cl. The number of para-hydroxylation sites is 1. The Bertz CT molecular complexity index is 901. The Labute approximate surface area is 168 Å². The first-order valence-electron chi connectivity index (χ1n) is 9.27. The van der Waals surface area contributed by atoms with Crippen molar-refractivity contribution in [2.45, 2.75) is 25.3 Å². The topological polar surface area (TPSA) is 45.2 Å². The fraction of sp³-hybridized carbons (Fsp3) is 0.333. The van der Waals surface area contributed by atoms with E-state index in [-0.39, 0.29) is 5.91 Å². The normalized spacial score (nSPS) is 15.9. The van der Waals surface area contributed by atoms with E-state index in [0.717, 1.165) is 37.0 Å². The third-order valence-corrected chi connectivity index (χ3v) is 6.62. The van der Waals surface area contributed by atoms with Crippen LogP contribution in [0.5, 0.6) is 0 Å². The molecule has 4 nitrogen and oxygen atoms in total. The van der Waals surface area contributed by atoms with E-state index in [0.29, 0.717) is 24.0 Å². The summed E-state index contributed by atoms with van der Waals surface area (Å²) in [7, 11) is 0. The number of aromatic nitrogens is 1. The maximum absolute atomic E-state index is 12.3. The van der Waals surface area contributed by atoms with Gasteiger partial charge in [-0.2, -0.15) is 0 Å². The quantitative estimate of drug-likeness (QED) is 0.689. The molecule has 1 amide bonds. The van der Waals surface area contributed by atoms with Crippen LogP contribution < -0.4 is 5.32 Å². The molecule has 140 valence electrons. The molecule has 0 atom stereocenters. The first-order chi connectivity index (χ1) is 13.2. The molecule has 0 saturated carbocycles. The molecule has 27 heavy (non-hydrogen) atoms. The summed E-state index contributed by atoms with van der Waals surface area (Å²) in [4.78, 5) is 19.3. The summed E-state index contributed by atoms with van der Waals surface area (Å²) < 4.78 is 1.26. The van der Waals surface area contributed by atoms with E-state index in [1.165, 1.54) is 9.71 Å². The fourth-order valence-electron chi connectivity index (χ4n) is 3.50. The molecule has 0 radical (unpaired) electrons. The number of rotatable bonds is 5.